The van der Waals surface area contributed by atoms with E-state index in [1.807, 2.05) is 0 Å². The maximum atomic E-state index is 13.5. The van der Waals surface area contributed by atoms with Crippen LogP contribution in [-0.2, 0) is 4.79 Å². The second-order valence-electron chi connectivity index (χ2n) is 3.70. The van der Waals surface area contributed by atoms with Gasteiger partial charge in [-0.2, -0.15) is 5.26 Å². The number of rotatable bonds is 4. The number of nitrogens with one attached hydrogen (secondary N) is 2. The van der Waals surface area contributed by atoms with Crippen molar-refractivity contribution in [2.45, 2.75) is 12.5 Å². The maximum absolute atomic E-state index is 13.5. The second-order valence-corrected chi connectivity index (χ2v) is 3.70. The number of carbonyl (C=O) groups excluding carboxylic acids is 1. The molecule has 0 aromatic heterocycles. The summed E-state index contributed by atoms with van der Waals surface area (Å²) in [6.45, 7) is 0. The monoisotopic (exact) mass is 275 g/mol. The van der Waals surface area contributed by atoms with Crippen molar-refractivity contribution in [1.29, 1.82) is 5.26 Å². The van der Waals surface area contributed by atoms with Gasteiger partial charge in [-0.15, -0.1) is 12.3 Å². The number of carboxylic acids is 1. The average Bonchev–Trinajstić information content (AvgIpc) is 2.40. The molecule has 0 radical (unpaired) electrons. The van der Waals surface area contributed by atoms with Crippen molar-refractivity contribution in [1.82, 2.24) is 5.32 Å². The fourth-order valence-corrected chi connectivity index (χ4v) is 1.32. The molecular formula is C13H10FN3O3. The van der Waals surface area contributed by atoms with Crippen LogP contribution in [0, 0.1) is 29.5 Å². The summed E-state index contributed by atoms with van der Waals surface area (Å²) in [7, 11) is 0. The third-order valence-corrected chi connectivity index (χ3v) is 2.27. The van der Waals surface area contributed by atoms with Crippen molar-refractivity contribution in [3.05, 3.63) is 29.6 Å². The number of nitrogens with zero attached hydrogens (tertiary/aromatic N) is 1. The third-order valence-electron chi connectivity index (χ3n) is 2.27. The number of nitriles is 1. The normalized spacial score (nSPS) is 10.8. The molecule has 0 aliphatic rings. The summed E-state index contributed by atoms with van der Waals surface area (Å²) in [4.78, 5) is 22.3. The molecule has 102 valence electrons. The number of urea groups is 1. The molecule has 1 aromatic carbocycles. The summed E-state index contributed by atoms with van der Waals surface area (Å²) in [6, 6.07) is 3.04. The van der Waals surface area contributed by atoms with Gasteiger partial charge < -0.3 is 15.7 Å². The van der Waals surface area contributed by atoms with Crippen LogP contribution >= 0.6 is 0 Å². The van der Waals surface area contributed by atoms with E-state index >= 15 is 0 Å². The molecule has 1 rings (SSSR count). The molecule has 1 atom stereocenters. The summed E-state index contributed by atoms with van der Waals surface area (Å²) in [6.07, 6.45) is 4.78. The van der Waals surface area contributed by atoms with E-state index < -0.39 is 23.9 Å². The Hall–Kier alpha value is -3.06. The molecule has 7 heteroatoms. The Morgan fingerprint density at radius 2 is 2.20 bits per heavy atom. The molecule has 0 spiro atoms. The summed E-state index contributed by atoms with van der Waals surface area (Å²) in [5, 5.41) is 21.6. The molecule has 0 saturated carbocycles. The molecule has 20 heavy (non-hydrogen) atoms. The summed E-state index contributed by atoms with van der Waals surface area (Å²) in [5.41, 5.74) is -0.0736. The van der Waals surface area contributed by atoms with Gasteiger partial charge in [-0.1, -0.05) is 0 Å². The fraction of sp³-hybridized carbons (Fsp3) is 0.154. The van der Waals surface area contributed by atoms with Gasteiger partial charge in [-0.25, -0.2) is 14.0 Å². The minimum absolute atomic E-state index is 0.101. The van der Waals surface area contributed by atoms with Crippen LogP contribution in [0.25, 0.3) is 0 Å². The maximum Gasteiger partial charge on any atom is 0.327 e. The predicted octanol–water partition coefficient (Wildman–Crippen LogP) is 1.30. The molecule has 1 aromatic rings. The van der Waals surface area contributed by atoms with Gasteiger partial charge in [-0.3, -0.25) is 0 Å². The lowest BCUT2D eigenvalue weighted by Gasteiger charge is -2.13. The molecule has 0 fully saturated rings. The zero-order chi connectivity index (χ0) is 15.1. The minimum Gasteiger partial charge on any atom is -0.480 e. The zero-order valence-corrected chi connectivity index (χ0v) is 10.2. The number of amides is 2. The van der Waals surface area contributed by atoms with Crippen molar-refractivity contribution < 1.29 is 19.1 Å². The predicted molar refractivity (Wildman–Crippen MR) is 68.1 cm³/mol. The number of hydrogen-bond acceptors (Lipinski definition) is 3. The van der Waals surface area contributed by atoms with Crippen molar-refractivity contribution >= 4 is 17.7 Å². The van der Waals surface area contributed by atoms with Crippen molar-refractivity contribution in [2.75, 3.05) is 5.32 Å². The number of hydrogen-bond donors (Lipinski definition) is 3. The Morgan fingerprint density at radius 3 is 2.70 bits per heavy atom. The van der Waals surface area contributed by atoms with Crippen LogP contribution in [0.5, 0.6) is 0 Å². The number of carbonyl (C=O) groups is 2. The van der Waals surface area contributed by atoms with Crippen LogP contribution in [0.4, 0.5) is 14.9 Å². The summed E-state index contributed by atoms with van der Waals surface area (Å²) < 4.78 is 13.5. The van der Waals surface area contributed by atoms with Gasteiger partial charge in [0, 0.05) is 6.42 Å². The Morgan fingerprint density at radius 1 is 1.50 bits per heavy atom. The highest BCUT2D eigenvalue weighted by molar-refractivity contribution is 5.92. The molecule has 3 N–H and O–H groups in total. The van der Waals surface area contributed by atoms with Gasteiger partial charge in [0.15, 0.2) is 0 Å². The molecular weight excluding hydrogens is 265 g/mol. The van der Waals surface area contributed by atoms with Crippen molar-refractivity contribution in [3.63, 3.8) is 0 Å². The van der Waals surface area contributed by atoms with Gasteiger partial charge >= 0.3 is 12.0 Å². The molecule has 0 aliphatic carbocycles. The van der Waals surface area contributed by atoms with E-state index in [1.165, 1.54) is 12.1 Å². The van der Waals surface area contributed by atoms with E-state index in [0.717, 1.165) is 6.07 Å². The van der Waals surface area contributed by atoms with Gasteiger partial charge in [0.25, 0.3) is 0 Å². The number of benzene rings is 1. The van der Waals surface area contributed by atoms with Crippen molar-refractivity contribution in [3.8, 4) is 18.4 Å². The van der Waals surface area contributed by atoms with Gasteiger partial charge in [0.05, 0.1) is 17.3 Å². The van der Waals surface area contributed by atoms with E-state index in [2.05, 4.69) is 16.6 Å². The Bertz CT molecular complexity index is 616. The Balaban J connectivity index is 2.74. The SMILES string of the molecule is C#CCC(NC(=O)Nc1ccc(C#N)cc1F)C(=O)O. The van der Waals surface area contributed by atoms with Crippen LogP contribution in [-0.4, -0.2) is 23.1 Å². The van der Waals surface area contributed by atoms with Crippen LogP contribution in [0.2, 0.25) is 0 Å². The highest BCUT2D eigenvalue weighted by atomic mass is 19.1. The number of anilines is 1. The van der Waals surface area contributed by atoms with Crippen LogP contribution < -0.4 is 10.6 Å². The molecule has 6 nitrogen and oxygen atoms in total. The van der Waals surface area contributed by atoms with E-state index in [4.69, 9.17) is 16.8 Å². The topological polar surface area (TPSA) is 102 Å². The second kappa shape index (κ2) is 6.76. The Labute approximate surface area is 114 Å². The van der Waals surface area contributed by atoms with E-state index in [-0.39, 0.29) is 17.7 Å². The summed E-state index contributed by atoms with van der Waals surface area (Å²) >= 11 is 0. The first-order valence-corrected chi connectivity index (χ1v) is 5.41. The van der Waals surface area contributed by atoms with E-state index in [9.17, 15) is 14.0 Å². The Kier molecular flexibility index (Phi) is 5.07. The first-order chi connectivity index (χ1) is 9.47. The van der Waals surface area contributed by atoms with Crippen LogP contribution in [0.1, 0.15) is 12.0 Å². The van der Waals surface area contributed by atoms with E-state index in [0.29, 0.717) is 0 Å². The van der Waals surface area contributed by atoms with Gasteiger partial charge in [0.2, 0.25) is 0 Å². The lowest BCUT2D eigenvalue weighted by molar-refractivity contribution is -0.139. The van der Waals surface area contributed by atoms with E-state index in [1.54, 1.807) is 6.07 Å². The highest BCUT2D eigenvalue weighted by Gasteiger charge is 2.19. The summed E-state index contributed by atoms with van der Waals surface area (Å²) in [5.74, 6) is 0.0155. The largest absolute Gasteiger partial charge is 0.480 e. The highest BCUT2D eigenvalue weighted by Crippen LogP contribution is 2.15. The third kappa shape index (κ3) is 4.00. The molecule has 1 unspecified atom stereocenters. The van der Waals surface area contributed by atoms with Gasteiger partial charge in [0.1, 0.15) is 11.9 Å². The quantitative estimate of drug-likeness (QED) is 0.720. The lowest BCUT2D eigenvalue weighted by Crippen LogP contribution is -2.42. The lowest BCUT2D eigenvalue weighted by atomic mass is 10.2. The van der Waals surface area contributed by atoms with Crippen molar-refractivity contribution in [2.24, 2.45) is 0 Å². The van der Waals surface area contributed by atoms with Crippen LogP contribution in [0.15, 0.2) is 18.2 Å². The number of halogens is 1. The molecule has 2 amide bonds. The standard InChI is InChI=1S/C13H10FN3O3/c1-2-3-11(12(18)19)17-13(20)16-10-5-4-8(7-15)6-9(10)14/h1,4-6,11H,3H2,(H,18,19)(H2,16,17,20). The molecule has 0 saturated heterocycles. The minimum atomic E-state index is -1.29. The van der Waals surface area contributed by atoms with Gasteiger partial charge in [-0.05, 0) is 18.2 Å². The average molecular weight is 275 g/mol. The van der Waals surface area contributed by atoms with Crippen LogP contribution in [0.3, 0.4) is 0 Å². The fourth-order valence-electron chi connectivity index (χ4n) is 1.32. The smallest absolute Gasteiger partial charge is 0.327 e. The number of carboxylic acid groups (broad SMARTS) is 1. The number of terminal acetylenes is 1. The number of aliphatic carboxylic acids is 1. The molecule has 0 aliphatic heterocycles. The first-order valence-electron chi connectivity index (χ1n) is 5.41. The molecule has 0 heterocycles. The first kappa shape index (κ1) is 15.0. The zero-order valence-electron chi connectivity index (χ0n) is 10.2. The molecule has 0 bridgehead atoms.